The van der Waals surface area contributed by atoms with E-state index in [0.717, 1.165) is 33.3 Å². The van der Waals surface area contributed by atoms with E-state index in [4.69, 9.17) is 0 Å². The number of carbonyl (C=O) groups is 1. The third kappa shape index (κ3) is 4.67. The smallest absolute Gasteiger partial charge is 0.255 e. The molecule has 2 heterocycles. The minimum Gasteiger partial charge on any atom is -0.322 e. The quantitative estimate of drug-likeness (QED) is 0.492. The van der Waals surface area contributed by atoms with Gasteiger partial charge in [-0.25, -0.2) is 9.67 Å². The number of benzene rings is 2. The zero-order chi connectivity index (χ0) is 20.1. The van der Waals surface area contributed by atoms with Crippen molar-refractivity contribution in [3.05, 3.63) is 89.9 Å². The second-order valence-electron chi connectivity index (χ2n) is 6.37. The molecule has 1 N–H and O–H groups in total. The topological polar surface area (TPSA) is 85.6 Å². The molecule has 0 saturated heterocycles. The number of pyridine rings is 1. The first-order chi connectivity index (χ1) is 14.2. The Balaban J connectivity index is 1.44. The first-order valence-corrected chi connectivity index (χ1v) is 9.96. The van der Waals surface area contributed by atoms with E-state index >= 15 is 0 Å². The molecule has 0 radical (unpaired) electrons. The number of aryl methyl sites for hydroxylation is 1. The van der Waals surface area contributed by atoms with Crippen molar-refractivity contribution in [3.63, 3.8) is 0 Å². The fraction of sp³-hybridized carbons (Fsp3) is 0.0952. The molecule has 7 nitrogen and oxygen atoms in total. The van der Waals surface area contributed by atoms with Gasteiger partial charge in [0.2, 0.25) is 0 Å². The summed E-state index contributed by atoms with van der Waals surface area (Å²) >= 11 is 1.66. The fourth-order valence-corrected chi connectivity index (χ4v) is 3.66. The van der Waals surface area contributed by atoms with E-state index in [1.807, 2.05) is 61.5 Å². The lowest BCUT2D eigenvalue weighted by atomic mass is 10.1. The minimum atomic E-state index is -0.161. The van der Waals surface area contributed by atoms with E-state index in [-0.39, 0.29) is 5.91 Å². The van der Waals surface area contributed by atoms with Crippen LogP contribution in [0.25, 0.3) is 5.69 Å². The van der Waals surface area contributed by atoms with Gasteiger partial charge in [-0.3, -0.25) is 4.79 Å². The summed E-state index contributed by atoms with van der Waals surface area (Å²) in [5, 5.41) is 15.1. The molecule has 0 fully saturated rings. The predicted octanol–water partition coefficient (Wildman–Crippen LogP) is 3.91. The standard InChI is InChI=1S/C21H18N6OS/c1-15-11-17(8-9-19(15)27-14-23-25-26-27)21(28)24-18-6-4-5-16(12-18)13-29-20-7-2-3-10-22-20/h2-12,14H,13H2,1H3,(H,24,28). The van der Waals surface area contributed by atoms with Crippen molar-refractivity contribution in [2.75, 3.05) is 5.32 Å². The van der Waals surface area contributed by atoms with Gasteiger partial charge in [0.1, 0.15) is 6.33 Å². The molecule has 0 unspecified atom stereocenters. The van der Waals surface area contributed by atoms with E-state index in [9.17, 15) is 4.79 Å². The summed E-state index contributed by atoms with van der Waals surface area (Å²) < 4.78 is 1.57. The Morgan fingerprint density at radius 2 is 2.03 bits per heavy atom. The maximum atomic E-state index is 12.7. The first-order valence-electron chi connectivity index (χ1n) is 8.97. The molecular weight excluding hydrogens is 384 g/mol. The molecule has 4 aromatic rings. The van der Waals surface area contributed by atoms with Crippen LogP contribution in [0.5, 0.6) is 0 Å². The molecule has 29 heavy (non-hydrogen) atoms. The number of thioether (sulfide) groups is 1. The molecule has 0 atom stereocenters. The maximum absolute atomic E-state index is 12.7. The highest BCUT2D eigenvalue weighted by Crippen LogP contribution is 2.22. The Labute approximate surface area is 172 Å². The third-order valence-electron chi connectivity index (χ3n) is 4.26. The second-order valence-corrected chi connectivity index (χ2v) is 7.36. The number of amides is 1. The van der Waals surface area contributed by atoms with Crippen LogP contribution in [0.15, 0.2) is 78.2 Å². The van der Waals surface area contributed by atoms with Gasteiger partial charge in [-0.2, -0.15) is 0 Å². The Bertz CT molecular complexity index is 1120. The van der Waals surface area contributed by atoms with Gasteiger partial charge in [0.05, 0.1) is 10.7 Å². The third-order valence-corrected chi connectivity index (χ3v) is 5.28. The molecule has 0 aliphatic rings. The van der Waals surface area contributed by atoms with Gasteiger partial charge in [-0.1, -0.05) is 18.2 Å². The lowest BCUT2D eigenvalue weighted by Crippen LogP contribution is -2.12. The number of tetrazole rings is 1. The summed E-state index contributed by atoms with van der Waals surface area (Å²) in [7, 11) is 0. The number of aromatic nitrogens is 5. The van der Waals surface area contributed by atoms with Crippen LogP contribution in [0.3, 0.4) is 0 Å². The van der Waals surface area contributed by atoms with E-state index in [2.05, 4.69) is 25.8 Å². The lowest BCUT2D eigenvalue weighted by molar-refractivity contribution is 0.102. The normalized spacial score (nSPS) is 10.7. The van der Waals surface area contributed by atoms with E-state index in [1.165, 1.54) is 6.33 Å². The van der Waals surface area contributed by atoms with Gasteiger partial charge in [0.25, 0.3) is 5.91 Å². The van der Waals surface area contributed by atoms with Crippen LogP contribution in [0, 0.1) is 6.92 Å². The van der Waals surface area contributed by atoms with Crippen molar-refractivity contribution in [3.8, 4) is 5.69 Å². The molecular formula is C21H18N6OS. The van der Waals surface area contributed by atoms with Gasteiger partial charge < -0.3 is 5.32 Å². The highest BCUT2D eigenvalue weighted by atomic mass is 32.2. The van der Waals surface area contributed by atoms with Crippen molar-refractivity contribution in [1.82, 2.24) is 25.2 Å². The molecule has 2 aromatic heterocycles. The SMILES string of the molecule is Cc1cc(C(=O)Nc2cccc(CSc3ccccn3)c2)ccc1-n1cnnn1. The van der Waals surface area contributed by atoms with Crippen LogP contribution in [-0.2, 0) is 5.75 Å². The van der Waals surface area contributed by atoms with Crippen LogP contribution in [0.1, 0.15) is 21.5 Å². The summed E-state index contributed by atoms with van der Waals surface area (Å²) in [4.78, 5) is 17.0. The molecule has 0 aliphatic carbocycles. The van der Waals surface area contributed by atoms with Crippen molar-refractivity contribution in [1.29, 1.82) is 0 Å². The molecule has 8 heteroatoms. The van der Waals surface area contributed by atoms with E-state index in [0.29, 0.717) is 5.56 Å². The van der Waals surface area contributed by atoms with Crippen molar-refractivity contribution in [2.45, 2.75) is 17.7 Å². The van der Waals surface area contributed by atoms with E-state index in [1.54, 1.807) is 28.7 Å². The van der Waals surface area contributed by atoms with Gasteiger partial charge >= 0.3 is 0 Å². The van der Waals surface area contributed by atoms with E-state index < -0.39 is 0 Å². The van der Waals surface area contributed by atoms with Crippen LogP contribution in [0.4, 0.5) is 5.69 Å². The zero-order valence-electron chi connectivity index (χ0n) is 15.7. The van der Waals surface area contributed by atoms with Gasteiger partial charge in [-0.05, 0) is 70.9 Å². The number of rotatable bonds is 6. The van der Waals surface area contributed by atoms with Crippen molar-refractivity contribution < 1.29 is 4.79 Å². The molecule has 144 valence electrons. The first kappa shape index (κ1) is 18.8. The van der Waals surface area contributed by atoms with Crippen LogP contribution < -0.4 is 5.32 Å². The highest BCUT2D eigenvalue weighted by molar-refractivity contribution is 7.98. The summed E-state index contributed by atoms with van der Waals surface area (Å²) in [5.74, 6) is 0.617. The van der Waals surface area contributed by atoms with Crippen LogP contribution in [-0.4, -0.2) is 31.1 Å². The number of nitrogens with one attached hydrogen (secondary N) is 1. The average Bonchev–Trinajstić information content (AvgIpc) is 3.28. The fourth-order valence-electron chi connectivity index (χ4n) is 2.86. The Kier molecular flexibility index (Phi) is 5.62. The summed E-state index contributed by atoms with van der Waals surface area (Å²) in [6, 6.07) is 19.1. The van der Waals surface area contributed by atoms with Crippen LogP contribution >= 0.6 is 11.8 Å². The summed E-state index contributed by atoms with van der Waals surface area (Å²) in [5.41, 5.74) is 4.19. The predicted molar refractivity (Wildman–Crippen MR) is 112 cm³/mol. The molecule has 2 aromatic carbocycles. The van der Waals surface area contributed by atoms with Gasteiger partial charge in [0, 0.05) is 23.2 Å². The van der Waals surface area contributed by atoms with Gasteiger partial charge in [-0.15, -0.1) is 16.9 Å². The second kappa shape index (κ2) is 8.66. The largest absolute Gasteiger partial charge is 0.322 e. The Morgan fingerprint density at radius 1 is 1.10 bits per heavy atom. The van der Waals surface area contributed by atoms with Crippen LogP contribution in [0.2, 0.25) is 0 Å². The Morgan fingerprint density at radius 3 is 2.79 bits per heavy atom. The molecule has 0 bridgehead atoms. The molecule has 1 amide bonds. The number of carbonyl (C=O) groups excluding carboxylic acids is 1. The maximum Gasteiger partial charge on any atom is 0.255 e. The van der Waals surface area contributed by atoms with Gasteiger partial charge in [0.15, 0.2) is 0 Å². The summed E-state index contributed by atoms with van der Waals surface area (Å²) in [6.45, 7) is 1.92. The molecule has 0 spiro atoms. The lowest BCUT2D eigenvalue weighted by Gasteiger charge is -2.10. The number of anilines is 1. The molecule has 4 rings (SSSR count). The summed E-state index contributed by atoms with van der Waals surface area (Å²) in [6.07, 6.45) is 3.31. The average molecular weight is 402 g/mol. The minimum absolute atomic E-state index is 0.161. The number of hydrogen-bond acceptors (Lipinski definition) is 6. The van der Waals surface area contributed by atoms with Crippen molar-refractivity contribution in [2.24, 2.45) is 0 Å². The van der Waals surface area contributed by atoms with Crippen molar-refractivity contribution >= 4 is 23.4 Å². The molecule has 0 aliphatic heterocycles. The highest BCUT2D eigenvalue weighted by Gasteiger charge is 2.10. The monoisotopic (exact) mass is 402 g/mol. The Hall–Kier alpha value is -3.52. The number of hydrogen-bond donors (Lipinski definition) is 1. The zero-order valence-corrected chi connectivity index (χ0v) is 16.5. The number of nitrogens with zero attached hydrogens (tertiary/aromatic N) is 5. The molecule has 0 saturated carbocycles.